The first-order chi connectivity index (χ1) is 7.74. The Bertz CT molecular complexity index is 417. The predicted molar refractivity (Wildman–Crippen MR) is 57.4 cm³/mol. The van der Waals surface area contributed by atoms with Crippen LogP contribution in [0.3, 0.4) is 0 Å². The highest BCUT2D eigenvalue weighted by Gasteiger charge is 2.22. The normalized spacial score (nSPS) is 20.2. The Morgan fingerprint density at radius 2 is 2.38 bits per heavy atom. The van der Waals surface area contributed by atoms with Crippen molar-refractivity contribution < 1.29 is 13.5 Å². The second-order valence-electron chi connectivity index (χ2n) is 3.79. The van der Waals surface area contributed by atoms with E-state index in [-0.39, 0.29) is 18.5 Å². The van der Waals surface area contributed by atoms with Gasteiger partial charge in [0.05, 0.1) is 6.33 Å². The average molecular weight is 225 g/mol. The van der Waals surface area contributed by atoms with Crippen LogP contribution in [0.4, 0.5) is 8.78 Å². The molecule has 1 atom stereocenters. The van der Waals surface area contributed by atoms with Crippen molar-refractivity contribution in [3.8, 4) is 5.75 Å². The van der Waals surface area contributed by atoms with Crippen molar-refractivity contribution in [1.29, 1.82) is 0 Å². The summed E-state index contributed by atoms with van der Waals surface area (Å²) >= 11 is 0. The van der Waals surface area contributed by atoms with Gasteiger partial charge in [-0.1, -0.05) is 0 Å². The van der Waals surface area contributed by atoms with Gasteiger partial charge in [-0.25, -0.2) is 8.78 Å². The summed E-state index contributed by atoms with van der Waals surface area (Å²) in [6.07, 6.45) is 1.48. The van der Waals surface area contributed by atoms with Crippen molar-refractivity contribution >= 4 is 0 Å². The molecule has 4 heteroatoms. The molecule has 0 saturated carbocycles. The predicted octanol–water partition coefficient (Wildman–Crippen LogP) is 2.33. The Labute approximate surface area is 92.7 Å². The van der Waals surface area contributed by atoms with E-state index in [4.69, 9.17) is 10.5 Å². The van der Waals surface area contributed by atoms with Crippen molar-refractivity contribution in [2.75, 3.05) is 6.54 Å². The fourth-order valence-corrected chi connectivity index (χ4v) is 1.86. The van der Waals surface area contributed by atoms with Crippen LogP contribution in [0.15, 0.2) is 30.1 Å². The highest BCUT2D eigenvalue weighted by molar-refractivity contribution is 5.37. The van der Waals surface area contributed by atoms with E-state index in [9.17, 15) is 8.78 Å². The Morgan fingerprint density at radius 3 is 3.06 bits per heavy atom. The van der Waals surface area contributed by atoms with E-state index in [0.717, 1.165) is 5.56 Å². The molecule has 0 aliphatic carbocycles. The number of hydrogen-bond donors (Lipinski definition) is 1. The number of nitrogens with two attached hydrogens (primary N) is 1. The largest absolute Gasteiger partial charge is 0.486 e. The third-order valence-corrected chi connectivity index (χ3v) is 2.76. The number of aryl methyl sites for hydroxylation is 1. The van der Waals surface area contributed by atoms with E-state index in [0.29, 0.717) is 30.5 Å². The second kappa shape index (κ2) is 4.61. The van der Waals surface area contributed by atoms with Crippen LogP contribution in [0.25, 0.3) is 0 Å². The van der Waals surface area contributed by atoms with Gasteiger partial charge in [-0.3, -0.25) is 0 Å². The maximum absolute atomic E-state index is 12.9. The number of ether oxygens (including phenoxy) is 1. The van der Waals surface area contributed by atoms with E-state index >= 15 is 0 Å². The number of benzene rings is 1. The molecule has 16 heavy (non-hydrogen) atoms. The van der Waals surface area contributed by atoms with Gasteiger partial charge >= 0.3 is 0 Å². The molecule has 2 nitrogen and oxygen atoms in total. The summed E-state index contributed by atoms with van der Waals surface area (Å²) < 4.78 is 31.0. The van der Waals surface area contributed by atoms with Crippen LogP contribution in [0.5, 0.6) is 5.75 Å². The lowest BCUT2D eigenvalue weighted by molar-refractivity contribution is 0.203. The van der Waals surface area contributed by atoms with Crippen LogP contribution in [0, 0.1) is 5.82 Å². The van der Waals surface area contributed by atoms with Gasteiger partial charge in [0.15, 0.2) is 0 Å². The zero-order valence-electron chi connectivity index (χ0n) is 8.75. The molecular formula is C12H13F2NO. The van der Waals surface area contributed by atoms with Crippen LogP contribution in [-0.4, -0.2) is 12.6 Å². The molecule has 1 heterocycles. The van der Waals surface area contributed by atoms with Gasteiger partial charge in [-0.05, 0) is 36.6 Å². The van der Waals surface area contributed by atoms with Crippen molar-refractivity contribution in [1.82, 2.24) is 0 Å². The maximum Gasteiger partial charge on any atom is 0.124 e. The van der Waals surface area contributed by atoms with E-state index in [1.54, 1.807) is 6.07 Å². The lowest BCUT2D eigenvalue weighted by Crippen LogP contribution is -2.28. The highest BCUT2D eigenvalue weighted by Crippen LogP contribution is 2.30. The monoisotopic (exact) mass is 225 g/mol. The van der Waals surface area contributed by atoms with Crippen LogP contribution in [0.2, 0.25) is 0 Å². The van der Waals surface area contributed by atoms with Crippen LogP contribution in [-0.2, 0) is 6.42 Å². The minimum atomic E-state index is -0.326. The number of fused-ring (bicyclic) bond motifs is 1. The van der Waals surface area contributed by atoms with Gasteiger partial charge in [0.2, 0.25) is 0 Å². The lowest BCUT2D eigenvalue weighted by Gasteiger charge is -2.27. The fraction of sp³-hybridized carbons (Fsp3) is 0.333. The zero-order chi connectivity index (χ0) is 11.5. The van der Waals surface area contributed by atoms with E-state index in [1.165, 1.54) is 12.1 Å². The number of hydrogen-bond acceptors (Lipinski definition) is 2. The Morgan fingerprint density at radius 1 is 1.56 bits per heavy atom. The molecule has 0 spiro atoms. The summed E-state index contributed by atoms with van der Waals surface area (Å²) in [5.41, 5.74) is 6.68. The summed E-state index contributed by atoms with van der Waals surface area (Å²) in [6, 6.07) is 4.36. The van der Waals surface area contributed by atoms with E-state index in [1.807, 2.05) is 0 Å². The lowest BCUT2D eigenvalue weighted by atomic mass is 9.98. The van der Waals surface area contributed by atoms with Crippen LogP contribution in [0.1, 0.15) is 12.0 Å². The smallest absolute Gasteiger partial charge is 0.124 e. The molecule has 1 aliphatic heterocycles. The van der Waals surface area contributed by atoms with Gasteiger partial charge in [-0.2, -0.15) is 0 Å². The number of halogens is 2. The first-order valence-electron chi connectivity index (χ1n) is 5.19. The van der Waals surface area contributed by atoms with Crippen molar-refractivity contribution in [2.45, 2.75) is 18.9 Å². The van der Waals surface area contributed by atoms with E-state index < -0.39 is 0 Å². The van der Waals surface area contributed by atoms with E-state index in [2.05, 4.69) is 0 Å². The quantitative estimate of drug-likeness (QED) is 0.838. The Balaban J connectivity index is 2.21. The summed E-state index contributed by atoms with van der Waals surface area (Å²) in [6.45, 7) is 0.137. The summed E-state index contributed by atoms with van der Waals surface area (Å²) in [5, 5.41) is 0. The minimum absolute atomic E-state index is 0.137. The molecule has 0 bridgehead atoms. The summed E-state index contributed by atoms with van der Waals surface area (Å²) in [5.74, 6) is 0.339. The van der Waals surface area contributed by atoms with Gasteiger partial charge < -0.3 is 10.5 Å². The highest BCUT2D eigenvalue weighted by atomic mass is 19.1. The molecular weight excluding hydrogens is 212 g/mol. The molecule has 0 fully saturated rings. The third kappa shape index (κ3) is 2.07. The van der Waals surface area contributed by atoms with Crippen molar-refractivity contribution in [3.05, 3.63) is 41.5 Å². The molecule has 1 aromatic rings. The van der Waals surface area contributed by atoms with Gasteiger partial charge in [-0.15, -0.1) is 0 Å². The second-order valence-corrected chi connectivity index (χ2v) is 3.79. The SMILES string of the molecule is NC/C(=C/F)C1CCc2cc(F)ccc2O1. The first kappa shape index (κ1) is 11.1. The van der Waals surface area contributed by atoms with Crippen LogP contribution >= 0.6 is 0 Å². The molecule has 1 aromatic carbocycles. The van der Waals surface area contributed by atoms with Crippen molar-refractivity contribution in [3.63, 3.8) is 0 Å². The molecule has 2 rings (SSSR count). The summed E-state index contributed by atoms with van der Waals surface area (Å²) in [7, 11) is 0. The molecule has 0 saturated heterocycles. The minimum Gasteiger partial charge on any atom is -0.486 e. The number of rotatable bonds is 2. The molecule has 0 aromatic heterocycles. The fourth-order valence-electron chi connectivity index (χ4n) is 1.86. The van der Waals surface area contributed by atoms with Gasteiger partial charge in [0, 0.05) is 12.1 Å². The molecule has 0 radical (unpaired) electrons. The molecule has 1 unspecified atom stereocenters. The van der Waals surface area contributed by atoms with Crippen LogP contribution < -0.4 is 10.5 Å². The van der Waals surface area contributed by atoms with Gasteiger partial charge in [0.25, 0.3) is 0 Å². The first-order valence-corrected chi connectivity index (χ1v) is 5.19. The van der Waals surface area contributed by atoms with Gasteiger partial charge in [0.1, 0.15) is 17.7 Å². The zero-order valence-corrected chi connectivity index (χ0v) is 8.75. The molecule has 2 N–H and O–H groups in total. The standard InChI is InChI=1S/C12H13F2NO/c13-6-9(7-15)12-3-1-8-5-10(14)2-4-11(8)16-12/h2,4-6,12H,1,3,7,15H2/b9-6-. The Hall–Kier alpha value is -1.42. The molecule has 86 valence electrons. The average Bonchev–Trinajstić information content (AvgIpc) is 2.31. The maximum atomic E-state index is 12.9. The topological polar surface area (TPSA) is 35.2 Å². The third-order valence-electron chi connectivity index (χ3n) is 2.76. The molecule has 1 aliphatic rings. The Kier molecular flexibility index (Phi) is 3.19. The molecule has 0 amide bonds. The summed E-state index contributed by atoms with van der Waals surface area (Å²) in [4.78, 5) is 0. The van der Waals surface area contributed by atoms with Crippen molar-refractivity contribution in [2.24, 2.45) is 5.73 Å².